The molecule has 0 radical (unpaired) electrons. The normalized spacial score (nSPS) is 28.2. The van der Waals surface area contributed by atoms with Crippen LogP contribution in [0.2, 0.25) is 0 Å². The van der Waals surface area contributed by atoms with E-state index in [9.17, 15) is 4.79 Å². The minimum atomic E-state index is -0.367. The van der Waals surface area contributed by atoms with Crippen LogP contribution in [0.5, 0.6) is 5.75 Å². The second-order valence-corrected chi connectivity index (χ2v) is 7.08. The molecule has 2 unspecified atom stereocenters. The molecule has 0 aromatic heterocycles. The number of carbonyl (C=O) groups excluding carboxylic acids is 1. The molecule has 2 atom stereocenters. The third kappa shape index (κ3) is 2.29. The maximum absolute atomic E-state index is 12.7. The minimum absolute atomic E-state index is 0.00359. The third-order valence-corrected chi connectivity index (χ3v) is 5.30. The van der Waals surface area contributed by atoms with E-state index in [0.717, 1.165) is 41.5 Å². The lowest BCUT2D eigenvalue weighted by Gasteiger charge is -2.27. The van der Waals surface area contributed by atoms with Crippen LogP contribution in [0, 0.1) is 5.41 Å². The first-order valence-corrected chi connectivity index (χ1v) is 8.03. The molecule has 2 N–H and O–H groups in total. The molecular formula is C16H20BrNO2. The van der Waals surface area contributed by atoms with Gasteiger partial charge < -0.3 is 10.5 Å². The smallest absolute Gasteiger partial charge is 0.144 e. The number of benzene rings is 1. The van der Waals surface area contributed by atoms with E-state index in [2.05, 4.69) is 22.0 Å². The molecule has 0 saturated heterocycles. The number of ether oxygens (including phenoxy) is 1. The number of ketones is 1. The fourth-order valence-electron chi connectivity index (χ4n) is 3.39. The molecule has 1 aromatic carbocycles. The number of carbonyl (C=O) groups is 1. The van der Waals surface area contributed by atoms with Gasteiger partial charge in [-0.3, -0.25) is 4.79 Å². The van der Waals surface area contributed by atoms with Crippen molar-refractivity contribution in [1.82, 2.24) is 0 Å². The van der Waals surface area contributed by atoms with Crippen LogP contribution < -0.4 is 10.5 Å². The van der Waals surface area contributed by atoms with Crippen molar-refractivity contribution >= 4 is 21.7 Å². The van der Waals surface area contributed by atoms with Crippen molar-refractivity contribution in [2.45, 2.75) is 45.1 Å². The fourth-order valence-corrected chi connectivity index (χ4v) is 3.94. The Morgan fingerprint density at radius 2 is 2.35 bits per heavy atom. The summed E-state index contributed by atoms with van der Waals surface area (Å²) in [5.74, 6) is 1.16. The lowest BCUT2D eigenvalue weighted by molar-refractivity contribution is -0.127. The topological polar surface area (TPSA) is 52.3 Å². The van der Waals surface area contributed by atoms with E-state index in [1.807, 2.05) is 13.0 Å². The van der Waals surface area contributed by atoms with Crippen molar-refractivity contribution in [2.75, 3.05) is 6.61 Å². The number of fused-ring (bicyclic) bond motifs is 1. The molecule has 1 saturated carbocycles. The first-order chi connectivity index (χ1) is 9.50. The van der Waals surface area contributed by atoms with Gasteiger partial charge in [-0.15, -0.1) is 0 Å². The molecule has 3 rings (SSSR count). The van der Waals surface area contributed by atoms with Crippen LogP contribution in [0.4, 0.5) is 0 Å². The van der Waals surface area contributed by atoms with Gasteiger partial charge in [-0.1, -0.05) is 29.3 Å². The Balaban J connectivity index is 1.87. The van der Waals surface area contributed by atoms with Gasteiger partial charge in [0.25, 0.3) is 0 Å². The minimum Gasteiger partial charge on any atom is -0.493 e. The number of halogens is 1. The van der Waals surface area contributed by atoms with Crippen molar-refractivity contribution in [3.8, 4) is 5.75 Å². The van der Waals surface area contributed by atoms with Crippen LogP contribution in [0.1, 0.15) is 37.3 Å². The predicted octanol–water partition coefficient (Wildman–Crippen LogP) is 3.01. The Labute approximate surface area is 128 Å². The van der Waals surface area contributed by atoms with Crippen molar-refractivity contribution < 1.29 is 9.53 Å². The van der Waals surface area contributed by atoms with Crippen molar-refractivity contribution in [1.29, 1.82) is 0 Å². The number of rotatable bonds is 3. The summed E-state index contributed by atoms with van der Waals surface area (Å²) >= 11 is 3.52. The molecule has 0 bridgehead atoms. The zero-order valence-corrected chi connectivity index (χ0v) is 13.3. The van der Waals surface area contributed by atoms with Gasteiger partial charge in [0.05, 0.1) is 6.61 Å². The van der Waals surface area contributed by atoms with E-state index in [1.54, 1.807) is 0 Å². The molecule has 1 aliphatic heterocycles. The highest BCUT2D eigenvalue weighted by atomic mass is 79.9. The summed E-state index contributed by atoms with van der Waals surface area (Å²) in [5, 5.41) is 0. The van der Waals surface area contributed by atoms with E-state index in [-0.39, 0.29) is 17.2 Å². The highest BCUT2D eigenvalue weighted by molar-refractivity contribution is 9.10. The second-order valence-electron chi connectivity index (χ2n) is 6.17. The molecule has 1 aliphatic carbocycles. The van der Waals surface area contributed by atoms with Gasteiger partial charge in [0, 0.05) is 34.3 Å². The maximum Gasteiger partial charge on any atom is 0.144 e. The lowest BCUT2D eigenvalue weighted by Crippen LogP contribution is -2.41. The predicted molar refractivity (Wildman–Crippen MR) is 82.0 cm³/mol. The Bertz CT molecular complexity index is 558. The Kier molecular flexibility index (Phi) is 3.63. The molecule has 20 heavy (non-hydrogen) atoms. The molecule has 1 aromatic rings. The molecular weight excluding hydrogens is 318 g/mol. The highest BCUT2D eigenvalue weighted by Gasteiger charge is 2.42. The van der Waals surface area contributed by atoms with Gasteiger partial charge in [-0.05, 0) is 30.5 Å². The standard InChI is InChI=1S/C16H20BrNO2/c1-16(5-2-3-13(16)18)14(19)9-11-8-12(17)7-10-4-6-20-15(10)11/h7-8,13H,2-6,9,18H2,1H3. The SMILES string of the molecule is CC1(C(=O)Cc2cc(Br)cc3c2OCC3)CCCC1N. The van der Waals surface area contributed by atoms with E-state index >= 15 is 0 Å². The summed E-state index contributed by atoms with van der Waals surface area (Å²) in [5.41, 5.74) is 7.98. The second kappa shape index (κ2) is 5.15. The molecule has 1 heterocycles. The van der Waals surface area contributed by atoms with E-state index < -0.39 is 0 Å². The van der Waals surface area contributed by atoms with Gasteiger partial charge in [0.2, 0.25) is 0 Å². The summed E-state index contributed by atoms with van der Waals surface area (Å²) < 4.78 is 6.72. The Morgan fingerprint density at radius 1 is 1.55 bits per heavy atom. The van der Waals surface area contributed by atoms with Crippen LogP contribution in [0.25, 0.3) is 0 Å². The van der Waals surface area contributed by atoms with Crippen LogP contribution in [-0.2, 0) is 17.6 Å². The summed E-state index contributed by atoms with van der Waals surface area (Å²) in [6, 6.07) is 4.08. The Hall–Kier alpha value is -0.870. The van der Waals surface area contributed by atoms with Crippen molar-refractivity contribution in [2.24, 2.45) is 11.1 Å². The average molecular weight is 338 g/mol. The van der Waals surface area contributed by atoms with Crippen LogP contribution in [0.15, 0.2) is 16.6 Å². The van der Waals surface area contributed by atoms with Gasteiger partial charge in [0.15, 0.2) is 0 Å². The molecule has 0 amide bonds. The van der Waals surface area contributed by atoms with E-state index in [4.69, 9.17) is 10.5 Å². The third-order valence-electron chi connectivity index (χ3n) is 4.84. The number of hydrogen-bond acceptors (Lipinski definition) is 3. The van der Waals surface area contributed by atoms with Gasteiger partial charge in [0.1, 0.15) is 11.5 Å². The van der Waals surface area contributed by atoms with Gasteiger partial charge in [-0.25, -0.2) is 0 Å². The van der Waals surface area contributed by atoms with Crippen LogP contribution >= 0.6 is 15.9 Å². The number of nitrogens with two attached hydrogens (primary N) is 1. The molecule has 0 spiro atoms. The van der Waals surface area contributed by atoms with E-state index in [1.165, 1.54) is 5.56 Å². The molecule has 1 fully saturated rings. The highest BCUT2D eigenvalue weighted by Crippen LogP contribution is 2.40. The summed E-state index contributed by atoms with van der Waals surface area (Å²) in [7, 11) is 0. The number of Topliss-reactive ketones (excluding diaryl/α,β-unsaturated/α-hetero) is 1. The van der Waals surface area contributed by atoms with Gasteiger partial charge in [-0.2, -0.15) is 0 Å². The van der Waals surface area contributed by atoms with Crippen molar-refractivity contribution in [3.05, 3.63) is 27.7 Å². The largest absolute Gasteiger partial charge is 0.493 e. The summed E-state index contributed by atoms with van der Waals surface area (Å²) in [6.45, 7) is 2.73. The zero-order valence-electron chi connectivity index (χ0n) is 11.7. The average Bonchev–Trinajstić information content (AvgIpc) is 2.98. The van der Waals surface area contributed by atoms with E-state index in [0.29, 0.717) is 13.0 Å². The molecule has 4 heteroatoms. The maximum atomic E-state index is 12.7. The van der Waals surface area contributed by atoms with Gasteiger partial charge >= 0.3 is 0 Å². The monoisotopic (exact) mass is 337 g/mol. The number of hydrogen-bond donors (Lipinski definition) is 1. The Morgan fingerprint density at radius 3 is 3.05 bits per heavy atom. The fraction of sp³-hybridized carbons (Fsp3) is 0.562. The summed E-state index contributed by atoms with van der Waals surface area (Å²) in [4.78, 5) is 12.7. The van der Waals surface area contributed by atoms with Crippen molar-refractivity contribution in [3.63, 3.8) is 0 Å². The molecule has 3 nitrogen and oxygen atoms in total. The molecule has 108 valence electrons. The lowest BCUT2D eigenvalue weighted by atomic mass is 9.78. The first-order valence-electron chi connectivity index (χ1n) is 7.24. The van der Waals surface area contributed by atoms with Crippen LogP contribution in [-0.4, -0.2) is 18.4 Å². The summed E-state index contributed by atoms with van der Waals surface area (Å²) in [6.07, 6.45) is 4.26. The first kappa shape index (κ1) is 14.1. The zero-order chi connectivity index (χ0) is 14.3. The van der Waals surface area contributed by atoms with Crippen LogP contribution in [0.3, 0.4) is 0 Å². The quantitative estimate of drug-likeness (QED) is 0.922. The molecule has 2 aliphatic rings.